The molecule has 1 heterocycles. The van der Waals surface area contributed by atoms with Gasteiger partial charge in [0.05, 0.1) is 12.4 Å². The lowest BCUT2D eigenvalue weighted by atomic mass is 10.2. The summed E-state index contributed by atoms with van der Waals surface area (Å²) in [5.41, 5.74) is -0.0430. The summed E-state index contributed by atoms with van der Waals surface area (Å²) in [7, 11) is 0. The van der Waals surface area contributed by atoms with Crippen molar-refractivity contribution in [1.82, 2.24) is 15.3 Å². The van der Waals surface area contributed by atoms with Crippen LogP contribution in [0, 0.1) is 0 Å². The molecule has 0 aliphatic rings. The number of hydrogen-bond acceptors (Lipinski definition) is 5. The number of rotatable bonds is 5. The van der Waals surface area contributed by atoms with E-state index < -0.39 is 17.9 Å². The number of hydrogen-bond donors (Lipinski definition) is 3. The van der Waals surface area contributed by atoms with Gasteiger partial charge in [-0.15, -0.1) is 0 Å². The Hall–Kier alpha value is -1.73. The van der Waals surface area contributed by atoms with Crippen LogP contribution in [0.5, 0.6) is 0 Å². The first kappa shape index (κ1) is 13.3. The zero-order valence-electron chi connectivity index (χ0n) is 8.63. The predicted octanol–water partition coefficient (Wildman–Crippen LogP) is -0.305. The minimum Gasteiger partial charge on any atom is -0.480 e. The number of aromatic nitrogens is 2. The summed E-state index contributed by atoms with van der Waals surface area (Å²) >= 11 is 5.49. The van der Waals surface area contributed by atoms with E-state index in [-0.39, 0.29) is 23.9 Å². The summed E-state index contributed by atoms with van der Waals surface area (Å²) < 4.78 is 0. The number of aliphatic hydroxyl groups excluding tert-OH is 1. The highest BCUT2D eigenvalue weighted by atomic mass is 35.5. The normalized spacial score (nSPS) is 11.9. The van der Waals surface area contributed by atoms with Gasteiger partial charge < -0.3 is 15.5 Å². The number of carboxylic acids is 1. The highest BCUT2D eigenvalue weighted by Crippen LogP contribution is 2.02. The molecule has 3 N–H and O–H groups in total. The molecular weight excluding hydrogens is 250 g/mol. The molecule has 0 bridgehead atoms. The number of nitrogens with one attached hydrogen (secondary N) is 1. The Labute approximate surface area is 101 Å². The Balaban J connectivity index is 2.70. The molecule has 7 nitrogen and oxygen atoms in total. The molecule has 1 rings (SSSR count). The molecule has 0 radical (unpaired) electrons. The van der Waals surface area contributed by atoms with Crippen LogP contribution >= 0.6 is 11.6 Å². The van der Waals surface area contributed by atoms with Gasteiger partial charge in [-0.1, -0.05) is 11.6 Å². The quantitative estimate of drug-likeness (QED) is 0.669. The topological polar surface area (TPSA) is 112 Å². The van der Waals surface area contributed by atoms with Crippen LogP contribution in [0.4, 0.5) is 0 Å². The fourth-order valence-corrected chi connectivity index (χ4v) is 1.15. The van der Waals surface area contributed by atoms with Gasteiger partial charge in [0.1, 0.15) is 16.9 Å². The van der Waals surface area contributed by atoms with Gasteiger partial charge in [-0.3, -0.25) is 4.79 Å². The Kier molecular flexibility index (Phi) is 4.80. The molecule has 0 spiro atoms. The van der Waals surface area contributed by atoms with Gasteiger partial charge in [-0.05, 0) is 0 Å². The van der Waals surface area contributed by atoms with E-state index in [0.29, 0.717) is 0 Å². The molecule has 92 valence electrons. The molecule has 1 amide bonds. The van der Waals surface area contributed by atoms with Gasteiger partial charge in [0, 0.05) is 13.0 Å². The SMILES string of the molecule is O=C(N[C@@H](CCO)C(=O)O)c1cnc(Cl)cn1. The van der Waals surface area contributed by atoms with E-state index >= 15 is 0 Å². The smallest absolute Gasteiger partial charge is 0.326 e. The number of aliphatic carboxylic acids is 1. The van der Waals surface area contributed by atoms with Crippen molar-refractivity contribution in [3.05, 3.63) is 23.2 Å². The molecule has 0 saturated carbocycles. The van der Waals surface area contributed by atoms with Gasteiger partial charge in [-0.25, -0.2) is 14.8 Å². The Morgan fingerprint density at radius 2 is 2.12 bits per heavy atom. The van der Waals surface area contributed by atoms with Crippen molar-refractivity contribution >= 4 is 23.5 Å². The summed E-state index contributed by atoms with van der Waals surface area (Å²) in [6, 6.07) is -1.16. The van der Waals surface area contributed by atoms with Crippen LogP contribution in [0.3, 0.4) is 0 Å². The first-order valence-corrected chi connectivity index (χ1v) is 5.04. The molecule has 0 unspecified atom stereocenters. The van der Waals surface area contributed by atoms with Gasteiger partial charge in [0.25, 0.3) is 5.91 Å². The number of carbonyl (C=O) groups is 2. The van der Waals surface area contributed by atoms with Crippen molar-refractivity contribution in [1.29, 1.82) is 0 Å². The number of aliphatic hydroxyl groups is 1. The molecule has 1 aromatic heterocycles. The Morgan fingerprint density at radius 3 is 2.59 bits per heavy atom. The van der Waals surface area contributed by atoms with Crippen LogP contribution in [0.15, 0.2) is 12.4 Å². The molecule has 0 aromatic carbocycles. The number of carbonyl (C=O) groups excluding carboxylic acids is 1. The van der Waals surface area contributed by atoms with Crippen LogP contribution < -0.4 is 5.32 Å². The molecular formula is C9H10ClN3O4. The highest BCUT2D eigenvalue weighted by Gasteiger charge is 2.20. The third-order valence-electron chi connectivity index (χ3n) is 1.87. The van der Waals surface area contributed by atoms with E-state index in [9.17, 15) is 9.59 Å². The molecule has 0 aliphatic carbocycles. The molecule has 1 atom stereocenters. The molecule has 0 fully saturated rings. The number of halogens is 1. The standard InChI is InChI=1S/C9H10ClN3O4/c10-7-4-11-6(3-12-7)8(15)13-5(1-2-14)9(16)17/h3-5,14H,1-2H2,(H,13,15)(H,16,17)/t5-/m0/s1. The Morgan fingerprint density at radius 1 is 1.41 bits per heavy atom. The number of amides is 1. The molecule has 0 aliphatic heterocycles. The summed E-state index contributed by atoms with van der Waals surface area (Å²) in [6.45, 7) is -0.344. The average molecular weight is 260 g/mol. The van der Waals surface area contributed by atoms with Crippen LogP contribution in [0.1, 0.15) is 16.9 Å². The third-order valence-corrected chi connectivity index (χ3v) is 2.07. The summed E-state index contributed by atoms with van der Waals surface area (Å²) in [6.07, 6.45) is 2.23. The van der Waals surface area contributed by atoms with E-state index in [4.69, 9.17) is 21.8 Å². The van der Waals surface area contributed by atoms with Crippen LogP contribution in [-0.2, 0) is 4.79 Å². The van der Waals surface area contributed by atoms with Gasteiger partial charge in [0.2, 0.25) is 0 Å². The maximum Gasteiger partial charge on any atom is 0.326 e. The second-order valence-corrected chi connectivity index (χ2v) is 3.49. The van der Waals surface area contributed by atoms with Crippen LogP contribution in [-0.4, -0.2) is 44.7 Å². The summed E-state index contributed by atoms with van der Waals surface area (Å²) in [5.74, 6) is -1.91. The molecule has 1 aromatic rings. The minimum absolute atomic E-state index is 0.0430. The van der Waals surface area contributed by atoms with E-state index in [2.05, 4.69) is 15.3 Å². The maximum atomic E-state index is 11.5. The van der Waals surface area contributed by atoms with Gasteiger partial charge >= 0.3 is 5.97 Å². The number of carboxylic acid groups (broad SMARTS) is 1. The third kappa shape index (κ3) is 3.97. The summed E-state index contributed by atoms with van der Waals surface area (Å²) in [5, 5.41) is 19.7. The lowest BCUT2D eigenvalue weighted by Crippen LogP contribution is -2.41. The lowest BCUT2D eigenvalue weighted by Gasteiger charge is -2.12. The molecule has 17 heavy (non-hydrogen) atoms. The molecule has 8 heteroatoms. The number of nitrogens with zero attached hydrogens (tertiary/aromatic N) is 2. The first-order valence-electron chi connectivity index (χ1n) is 4.66. The van der Waals surface area contributed by atoms with Crippen molar-refractivity contribution in [2.75, 3.05) is 6.61 Å². The van der Waals surface area contributed by atoms with Crippen molar-refractivity contribution in [2.24, 2.45) is 0 Å². The van der Waals surface area contributed by atoms with Crippen LogP contribution in [0.25, 0.3) is 0 Å². The van der Waals surface area contributed by atoms with E-state index in [1.54, 1.807) is 0 Å². The monoisotopic (exact) mass is 259 g/mol. The fourth-order valence-electron chi connectivity index (χ4n) is 1.05. The van der Waals surface area contributed by atoms with Gasteiger partial charge in [0.15, 0.2) is 0 Å². The minimum atomic E-state index is -1.23. The van der Waals surface area contributed by atoms with E-state index in [1.807, 2.05) is 0 Å². The first-order chi connectivity index (χ1) is 8.04. The summed E-state index contributed by atoms with van der Waals surface area (Å²) in [4.78, 5) is 29.6. The van der Waals surface area contributed by atoms with Gasteiger partial charge in [-0.2, -0.15) is 0 Å². The highest BCUT2D eigenvalue weighted by molar-refractivity contribution is 6.29. The van der Waals surface area contributed by atoms with Crippen molar-refractivity contribution in [2.45, 2.75) is 12.5 Å². The second kappa shape index (κ2) is 6.12. The van der Waals surface area contributed by atoms with E-state index in [0.717, 1.165) is 6.20 Å². The lowest BCUT2D eigenvalue weighted by molar-refractivity contribution is -0.139. The molecule has 0 saturated heterocycles. The van der Waals surface area contributed by atoms with E-state index in [1.165, 1.54) is 6.20 Å². The average Bonchev–Trinajstić information content (AvgIpc) is 2.29. The zero-order chi connectivity index (χ0) is 12.8. The van der Waals surface area contributed by atoms with Crippen molar-refractivity contribution < 1.29 is 19.8 Å². The Bertz CT molecular complexity index is 409. The largest absolute Gasteiger partial charge is 0.480 e. The maximum absolute atomic E-state index is 11.5. The van der Waals surface area contributed by atoms with Crippen molar-refractivity contribution in [3.8, 4) is 0 Å². The zero-order valence-corrected chi connectivity index (χ0v) is 9.39. The fraction of sp³-hybridized carbons (Fsp3) is 0.333. The van der Waals surface area contributed by atoms with Crippen molar-refractivity contribution in [3.63, 3.8) is 0 Å². The second-order valence-electron chi connectivity index (χ2n) is 3.10. The predicted molar refractivity (Wildman–Crippen MR) is 57.6 cm³/mol. The van der Waals surface area contributed by atoms with Crippen LogP contribution in [0.2, 0.25) is 5.15 Å².